The second-order valence-electron chi connectivity index (χ2n) is 4.54. The summed E-state index contributed by atoms with van der Waals surface area (Å²) < 4.78 is 5.72. The third-order valence-corrected chi connectivity index (χ3v) is 3.69. The molecule has 18 heavy (non-hydrogen) atoms. The third-order valence-electron chi connectivity index (χ3n) is 3.13. The Morgan fingerprint density at radius 2 is 2.44 bits per heavy atom. The van der Waals surface area contributed by atoms with Crippen molar-refractivity contribution >= 4 is 11.8 Å². The first-order chi connectivity index (χ1) is 8.56. The van der Waals surface area contributed by atoms with Gasteiger partial charge in [-0.05, 0) is 32.4 Å². The van der Waals surface area contributed by atoms with Gasteiger partial charge in [-0.1, -0.05) is 11.8 Å². The van der Waals surface area contributed by atoms with Gasteiger partial charge in [0.15, 0.2) is 5.16 Å². The van der Waals surface area contributed by atoms with E-state index in [0.717, 1.165) is 12.8 Å². The maximum atomic E-state index is 10.1. The van der Waals surface area contributed by atoms with Gasteiger partial charge in [-0.3, -0.25) is 0 Å². The summed E-state index contributed by atoms with van der Waals surface area (Å²) in [6.45, 7) is 1.76. The molecule has 0 saturated heterocycles. The van der Waals surface area contributed by atoms with Crippen molar-refractivity contribution < 1.29 is 9.84 Å². The van der Waals surface area contributed by atoms with E-state index < -0.39 is 5.60 Å². The van der Waals surface area contributed by atoms with Crippen LogP contribution >= 0.6 is 11.8 Å². The number of aromatic nitrogens is 2. The van der Waals surface area contributed by atoms with Crippen LogP contribution in [0.4, 0.5) is 0 Å². The van der Waals surface area contributed by atoms with E-state index in [1.807, 2.05) is 12.3 Å². The number of aliphatic hydroxyl groups is 1. The monoisotopic (exact) mass is 265 g/mol. The van der Waals surface area contributed by atoms with Gasteiger partial charge in [0.2, 0.25) is 5.88 Å². The fraction of sp³-hybridized carbons (Fsp3) is 0.583. The Hall–Kier alpha value is -1.32. The third kappa shape index (κ3) is 2.57. The molecule has 0 amide bonds. The first-order valence-electron chi connectivity index (χ1n) is 5.77. The van der Waals surface area contributed by atoms with E-state index in [9.17, 15) is 5.11 Å². The van der Waals surface area contributed by atoms with Crippen molar-refractivity contribution in [2.24, 2.45) is 0 Å². The van der Waals surface area contributed by atoms with Crippen molar-refractivity contribution in [3.05, 3.63) is 11.8 Å². The summed E-state index contributed by atoms with van der Waals surface area (Å²) >= 11 is 1.39. The highest BCUT2D eigenvalue weighted by Gasteiger charge is 2.39. The zero-order chi connectivity index (χ0) is 13.2. The molecule has 6 heteroatoms. The summed E-state index contributed by atoms with van der Waals surface area (Å²) in [7, 11) is 0. The molecule has 1 aliphatic rings. The quantitative estimate of drug-likeness (QED) is 0.662. The standard InChI is InChI=1S/C12H15N3O2S/c1-12(16)5-3-4-9(12)17-10-8(6-13)7-14-11(15-10)18-2/h7,9,16H,3-5H2,1-2H3. The molecular formula is C12H15N3O2S. The largest absolute Gasteiger partial charge is 0.470 e. The second kappa shape index (κ2) is 5.12. The van der Waals surface area contributed by atoms with E-state index in [0.29, 0.717) is 17.1 Å². The number of ether oxygens (including phenoxy) is 1. The topological polar surface area (TPSA) is 79.0 Å². The van der Waals surface area contributed by atoms with Gasteiger partial charge in [0, 0.05) is 0 Å². The van der Waals surface area contributed by atoms with Gasteiger partial charge in [0.1, 0.15) is 17.7 Å². The average molecular weight is 265 g/mol. The van der Waals surface area contributed by atoms with Crippen LogP contribution in [0.3, 0.4) is 0 Å². The molecule has 1 aromatic heterocycles. The van der Waals surface area contributed by atoms with Crippen LogP contribution in [0, 0.1) is 11.3 Å². The number of thioether (sulfide) groups is 1. The van der Waals surface area contributed by atoms with Crippen LogP contribution in [0.2, 0.25) is 0 Å². The minimum atomic E-state index is -0.850. The second-order valence-corrected chi connectivity index (χ2v) is 5.32. The number of nitrogens with zero attached hydrogens (tertiary/aromatic N) is 3. The molecule has 5 nitrogen and oxygen atoms in total. The van der Waals surface area contributed by atoms with Crippen LogP contribution in [-0.4, -0.2) is 33.0 Å². The minimum absolute atomic E-state index is 0.268. The maximum Gasteiger partial charge on any atom is 0.236 e. The molecule has 2 atom stereocenters. The van der Waals surface area contributed by atoms with Crippen molar-refractivity contribution in [3.8, 4) is 11.9 Å². The number of hydrogen-bond acceptors (Lipinski definition) is 6. The Morgan fingerprint density at radius 3 is 3.00 bits per heavy atom. The lowest BCUT2D eigenvalue weighted by Crippen LogP contribution is -2.38. The Balaban J connectivity index is 2.25. The van der Waals surface area contributed by atoms with Crippen molar-refractivity contribution in [2.45, 2.75) is 43.0 Å². The summed E-state index contributed by atoms with van der Waals surface area (Å²) in [5, 5.41) is 19.7. The van der Waals surface area contributed by atoms with E-state index in [1.54, 1.807) is 6.92 Å². The van der Waals surface area contributed by atoms with Gasteiger partial charge in [-0.25, -0.2) is 4.98 Å². The fourth-order valence-corrected chi connectivity index (χ4v) is 2.39. The van der Waals surface area contributed by atoms with Crippen LogP contribution in [0.5, 0.6) is 5.88 Å². The molecule has 1 N–H and O–H groups in total. The zero-order valence-electron chi connectivity index (χ0n) is 10.4. The Labute approximate surface area is 110 Å². The van der Waals surface area contributed by atoms with E-state index in [2.05, 4.69) is 9.97 Å². The molecule has 96 valence electrons. The van der Waals surface area contributed by atoms with Crippen molar-refractivity contribution in [1.29, 1.82) is 5.26 Å². The average Bonchev–Trinajstić information content (AvgIpc) is 2.68. The summed E-state index contributed by atoms with van der Waals surface area (Å²) in [6, 6.07) is 2.01. The molecule has 2 rings (SSSR count). The zero-order valence-corrected chi connectivity index (χ0v) is 11.2. The maximum absolute atomic E-state index is 10.1. The molecule has 1 heterocycles. The van der Waals surface area contributed by atoms with Crippen molar-refractivity contribution in [2.75, 3.05) is 6.26 Å². The molecule has 0 spiro atoms. The first-order valence-corrected chi connectivity index (χ1v) is 6.99. The van der Waals surface area contributed by atoms with Crippen LogP contribution in [-0.2, 0) is 0 Å². The Bertz CT molecular complexity index is 485. The Kier molecular flexibility index (Phi) is 3.73. The van der Waals surface area contributed by atoms with Gasteiger partial charge in [-0.2, -0.15) is 10.2 Å². The molecular weight excluding hydrogens is 250 g/mol. The summed E-state index contributed by atoms with van der Waals surface area (Å²) in [4.78, 5) is 8.21. The molecule has 0 bridgehead atoms. The van der Waals surface area contributed by atoms with Gasteiger partial charge in [0.25, 0.3) is 0 Å². The molecule has 0 aliphatic heterocycles. The molecule has 0 aromatic carbocycles. The van der Waals surface area contributed by atoms with Gasteiger partial charge < -0.3 is 9.84 Å². The van der Waals surface area contributed by atoms with Gasteiger partial charge >= 0.3 is 0 Å². The van der Waals surface area contributed by atoms with Crippen molar-refractivity contribution in [3.63, 3.8) is 0 Å². The highest BCUT2D eigenvalue weighted by molar-refractivity contribution is 7.98. The van der Waals surface area contributed by atoms with E-state index >= 15 is 0 Å². The number of hydrogen-bond donors (Lipinski definition) is 1. The van der Waals surface area contributed by atoms with E-state index in [4.69, 9.17) is 10.00 Å². The van der Waals surface area contributed by atoms with Crippen LogP contribution in [0.25, 0.3) is 0 Å². The Morgan fingerprint density at radius 1 is 1.67 bits per heavy atom. The summed E-state index contributed by atoms with van der Waals surface area (Å²) in [6.07, 6.45) is 5.40. The molecule has 1 aliphatic carbocycles. The smallest absolute Gasteiger partial charge is 0.236 e. The highest BCUT2D eigenvalue weighted by Crippen LogP contribution is 2.33. The van der Waals surface area contributed by atoms with Crippen molar-refractivity contribution in [1.82, 2.24) is 9.97 Å². The molecule has 2 unspecified atom stereocenters. The van der Waals surface area contributed by atoms with E-state index in [1.165, 1.54) is 18.0 Å². The SMILES string of the molecule is CSc1ncc(C#N)c(OC2CCCC2(C)O)n1. The predicted octanol–water partition coefficient (Wildman–Crippen LogP) is 1.75. The highest BCUT2D eigenvalue weighted by atomic mass is 32.2. The molecule has 1 aromatic rings. The van der Waals surface area contributed by atoms with Crippen LogP contribution in [0.1, 0.15) is 31.7 Å². The normalized spacial score (nSPS) is 26.9. The summed E-state index contributed by atoms with van der Waals surface area (Å²) in [5.74, 6) is 0.268. The van der Waals surface area contributed by atoms with Crippen LogP contribution < -0.4 is 4.74 Å². The van der Waals surface area contributed by atoms with E-state index in [-0.39, 0.29) is 12.0 Å². The van der Waals surface area contributed by atoms with Gasteiger partial charge in [0.05, 0.1) is 11.8 Å². The van der Waals surface area contributed by atoms with Crippen LogP contribution in [0.15, 0.2) is 11.4 Å². The lowest BCUT2D eigenvalue weighted by Gasteiger charge is -2.26. The molecule has 0 radical (unpaired) electrons. The molecule has 1 saturated carbocycles. The number of rotatable bonds is 3. The predicted molar refractivity (Wildman–Crippen MR) is 67.4 cm³/mol. The first kappa shape index (κ1) is 13.1. The lowest BCUT2D eigenvalue weighted by atomic mass is 10.0. The fourth-order valence-electron chi connectivity index (χ4n) is 2.05. The number of nitriles is 1. The van der Waals surface area contributed by atoms with Gasteiger partial charge in [-0.15, -0.1) is 0 Å². The molecule has 1 fully saturated rings. The minimum Gasteiger partial charge on any atom is -0.470 e. The lowest BCUT2D eigenvalue weighted by molar-refractivity contribution is -0.0274. The summed E-state index contributed by atoms with van der Waals surface area (Å²) in [5.41, 5.74) is -0.549.